The summed E-state index contributed by atoms with van der Waals surface area (Å²) in [6.07, 6.45) is 10.1. The van der Waals surface area contributed by atoms with Crippen LogP contribution in [0.4, 0.5) is 0 Å². The second-order valence-corrected chi connectivity index (χ2v) is 38.6. The number of carbonyl (C=O) groups is 6. The Kier molecular flexibility index (Phi) is 35.8. The van der Waals surface area contributed by atoms with Gasteiger partial charge < -0.3 is 51.9 Å². The van der Waals surface area contributed by atoms with Gasteiger partial charge >= 0.3 is 0 Å². The highest BCUT2D eigenvalue weighted by Gasteiger charge is 2.30. The summed E-state index contributed by atoms with van der Waals surface area (Å²) in [6, 6.07) is 23.6. The quantitative estimate of drug-likeness (QED) is 0.0154. The van der Waals surface area contributed by atoms with Crippen molar-refractivity contribution in [2.75, 3.05) is 26.2 Å². The molecule has 6 aromatic rings. The van der Waals surface area contributed by atoms with Gasteiger partial charge in [-0.25, -0.2) is 0 Å². The molecule has 0 heterocycles. The maximum absolute atomic E-state index is 12.5. The third-order valence-electron chi connectivity index (χ3n) is 20.6. The van der Waals surface area contributed by atoms with Gasteiger partial charge in [0, 0.05) is 64.7 Å². The molecule has 0 aliphatic carbocycles. The Hall–Kier alpha value is -9.06. The first-order valence-electron chi connectivity index (χ1n) is 41.2. The fourth-order valence-corrected chi connectivity index (χ4v) is 13.6. The molecule has 0 unspecified atom stereocenters. The van der Waals surface area contributed by atoms with Crippen LogP contribution in [0, 0.1) is 34.6 Å². The van der Waals surface area contributed by atoms with Crippen molar-refractivity contribution in [2.45, 2.75) is 327 Å². The standard InChI is InChI=1S/C34H52N2O4.2C31H46N2O4/c1-22-18-23(19-25(30(22)39)32(2,3)4)12-14-28(37)35-16-11-17-36-29(38)15-13-24-20-26(33(5,6)7)31(40)27(21-24)34(8,9)10;1-19-15-20(16-22(27(19)36)29(2,3)4)11-13-25(34)32-33-26(35)14-12-21-17-23(30(5,6)7)28(37)24(18-21)31(8,9)10;1-21-17-24(18-22(2)29(21)36)11-13-27(34)32-15-9-7-8-10-16-33-28(35)14-12-25-19-23(3)30(37)26(20-25)31(4,5)6/h18-21,39-40H,11-17H2,1-10H3,(H,35,37)(H,36,38);15-18,36-37H,11-14H2,1-10H3,(H,32,34)(H,33,35);17-20,36-37H,7-16H2,1-6H3,(H,32,34)(H,33,35). The van der Waals surface area contributed by atoms with E-state index in [-0.39, 0.29) is 86.2 Å². The average Bonchev–Trinajstić information content (AvgIpc) is 0.787. The number of benzene rings is 6. The van der Waals surface area contributed by atoms with Gasteiger partial charge in [0.2, 0.25) is 35.4 Å². The van der Waals surface area contributed by atoms with Crippen LogP contribution in [-0.4, -0.2) is 92.3 Å². The van der Waals surface area contributed by atoms with Crippen LogP contribution >= 0.6 is 0 Å². The van der Waals surface area contributed by atoms with E-state index in [1.165, 1.54) is 0 Å². The summed E-state index contributed by atoms with van der Waals surface area (Å²) >= 11 is 0. The summed E-state index contributed by atoms with van der Waals surface area (Å²) in [6.45, 7) is 55.1. The summed E-state index contributed by atoms with van der Waals surface area (Å²) in [4.78, 5) is 74.0. The fraction of sp³-hybridized carbons (Fsp3) is 0.562. The highest BCUT2D eigenvalue weighted by Crippen LogP contribution is 2.43. The molecule has 18 nitrogen and oxygen atoms in total. The third kappa shape index (κ3) is 32.0. The normalized spacial score (nSPS) is 12.1. The monoisotopic (exact) mass is 1570 g/mol. The van der Waals surface area contributed by atoms with Crippen molar-refractivity contribution < 1.29 is 59.4 Å². The van der Waals surface area contributed by atoms with E-state index >= 15 is 0 Å². The number of phenolic OH excluding ortho intramolecular Hbond substituents is 6. The van der Waals surface area contributed by atoms with Crippen LogP contribution < -0.4 is 32.1 Å². The predicted octanol–water partition coefficient (Wildman–Crippen LogP) is 18.2. The first-order chi connectivity index (χ1) is 52.5. The van der Waals surface area contributed by atoms with Gasteiger partial charge in [0.1, 0.15) is 34.5 Å². The summed E-state index contributed by atoms with van der Waals surface area (Å²) in [5, 5.41) is 74.7. The molecule has 0 aromatic heterocycles. The van der Waals surface area contributed by atoms with Crippen molar-refractivity contribution >= 4 is 35.4 Å². The van der Waals surface area contributed by atoms with E-state index in [4.69, 9.17) is 0 Å². The van der Waals surface area contributed by atoms with Crippen LogP contribution in [0.1, 0.15) is 316 Å². The predicted molar refractivity (Wildman–Crippen MR) is 465 cm³/mol. The number of hydrazine groups is 1. The topological polar surface area (TPSA) is 296 Å². The van der Waals surface area contributed by atoms with Gasteiger partial charge in [-0.2, -0.15) is 0 Å². The van der Waals surface area contributed by atoms with Crippen LogP contribution in [0.5, 0.6) is 34.5 Å². The minimum absolute atomic E-state index is 0.0219. The number of hydrogen-bond acceptors (Lipinski definition) is 12. The molecule has 0 saturated heterocycles. The van der Waals surface area contributed by atoms with E-state index in [1.807, 2.05) is 128 Å². The van der Waals surface area contributed by atoms with Crippen molar-refractivity contribution in [1.82, 2.24) is 32.1 Å². The average molecular weight is 1570 g/mol. The van der Waals surface area contributed by atoms with Gasteiger partial charge in [0.05, 0.1) is 0 Å². The number of phenols is 6. The lowest BCUT2D eigenvalue weighted by Gasteiger charge is -2.28. The summed E-state index contributed by atoms with van der Waals surface area (Å²) in [5.74, 6) is 1.48. The van der Waals surface area contributed by atoms with E-state index in [0.717, 1.165) is 126 Å². The van der Waals surface area contributed by atoms with Gasteiger partial charge in [-0.05, 0) is 230 Å². The van der Waals surface area contributed by atoms with Gasteiger partial charge in [0.15, 0.2) is 0 Å². The minimum atomic E-state index is -0.272. The molecule has 18 heteroatoms. The van der Waals surface area contributed by atoms with Crippen molar-refractivity contribution in [3.05, 3.63) is 173 Å². The zero-order valence-corrected chi connectivity index (χ0v) is 74.4. The van der Waals surface area contributed by atoms with Crippen LogP contribution in [0.2, 0.25) is 0 Å². The maximum Gasteiger partial charge on any atom is 0.238 e. The molecule has 0 saturated carbocycles. The summed E-state index contributed by atoms with van der Waals surface area (Å²) < 4.78 is 0. The molecule has 6 aromatic carbocycles. The number of carbonyl (C=O) groups excluding carboxylic acids is 6. The fourth-order valence-electron chi connectivity index (χ4n) is 13.6. The Bertz CT molecular complexity index is 4180. The number of amides is 6. The third-order valence-corrected chi connectivity index (χ3v) is 20.6. The van der Waals surface area contributed by atoms with Crippen LogP contribution in [0.3, 0.4) is 0 Å². The second-order valence-electron chi connectivity index (χ2n) is 38.6. The van der Waals surface area contributed by atoms with E-state index in [0.29, 0.717) is 131 Å². The van der Waals surface area contributed by atoms with Crippen LogP contribution in [0.15, 0.2) is 72.8 Å². The molecule has 630 valence electrons. The molecular weight excluding hydrogens is 1430 g/mol. The molecule has 0 radical (unpaired) electrons. The van der Waals surface area contributed by atoms with E-state index in [9.17, 15) is 59.4 Å². The zero-order chi connectivity index (χ0) is 86.4. The molecule has 6 rings (SSSR count). The Labute approximate surface area is 684 Å². The highest BCUT2D eigenvalue weighted by atomic mass is 16.3. The zero-order valence-electron chi connectivity index (χ0n) is 74.4. The molecular formula is C96H144N6O12. The molecule has 0 spiro atoms. The molecule has 0 bridgehead atoms. The molecule has 6 amide bonds. The Morgan fingerprint density at radius 3 is 0.605 bits per heavy atom. The van der Waals surface area contributed by atoms with Gasteiger partial charge in [-0.1, -0.05) is 231 Å². The Morgan fingerprint density at radius 1 is 0.228 bits per heavy atom. The van der Waals surface area contributed by atoms with E-state index < -0.39 is 0 Å². The maximum atomic E-state index is 12.5. The largest absolute Gasteiger partial charge is 0.507 e. The molecule has 0 aliphatic rings. The first-order valence-corrected chi connectivity index (χ1v) is 41.2. The Balaban J connectivity index is 0.000000361. The number of hydrogen-bond donors (Lipinski definition) is 12. The smallest absolute Gasteiger partial charge is 0.238 e. The lowest BCUT2D eigenvalue weighted by Crippen LogP contribution is -2.41. The van der Waals surface area contributed by atoms with Crippen LogP contribution in [0.25, 0.3) is 0 Å². The van der Waals surface area contributed by atoms with E-state index in [1.54, 1.807) is 0 Å². The highest BCUT2D eigenvalue weighted by molar-refractivity contribution is 5.82. The number of aromatic hydroxyl groups is 6. The van der Waals surface area contributed by atoms with Crippen molar-refractivity contribution in [3.8, 4) is 34.5 Å². The van der Waals surface area contributed by atoms with Crippen molar-refractivity contribution in [3.63, 3.8) is 0 Å². The summed E-state index contributed by atoms with van der Waals surface area (Å²) in [5.41, 5.74) is 20.2. The second kappa shape index (κ2) is 42.0. The molecule has 0 aliphatic heterocycles. The van der Waals surface area contributed by atoms with Crippen molar-refractivity contribution in [2.24, 2.45) is 0 Å². The number of unbranched alkanes of at least 4 members (excludes halogenated alkanes) is 3. The van der Waals surface area contributed by atoms with Crippen LogP contribution in [-0.2, 0) is 105 Å². The Morgan fingerprint density at radius 2 is 0.395 bits per heavy atom. The molecule has 0 fully saturated rings. The lowest BCUT2D eigenvalue weighted by atomic mass is 9.78. The number of aryl methyl sites for hydroxylation is 11. The molecule has 12 N–H and O–H groups in total. The molecule has 0 atom stereocenters. The van der Waals surface area contributed by atoms with Gasteiger partial charge in [-0.15, -0.1) is 0 Å². The van der Waals surface area contributed by atoms with Crippen molar-refractivity contribution in [1.29, 1.82) is 0 Å². The number of rotatable bonds is 29. The minimum Gasteiger partial charge on any atom is -0.507 e. The summed E-state index contributed by atoms with van der Waals surface area (Å²) in [7, 11) is 0. The lowest BCUT2D eigenvalue weighted by molar-refractivity contribution is -0.128. The first kappa shape index (κ1) is 97.3. The molecule has 114 heavy (non-hydrogen) atoms. The SMILES string of the molecule is Cc1cc(CCC(=O)NCCCCCCNC(=O)CCc2cc(C)c(O)c(C(C)(C)C)c2)cc(C)c1O.Cc1cc(CCC(=O)NCCCNC(=O)CCc2cc(C(C)(C)C)c(O)c(C(C)(C)C)c2)cc(C(C)(C)C)c1O.Cc1cc(CCC(=O)NNC(=O)CCc2cc(C(C)(C)C)c(O)c(C(C)(C)C)c2)cc(C(C)(C)C)c1O. The van der Waals surface area contributed by atoms with Gasteiger partial charge in [0.25, 0.3) is 0 Å². The van der Waals surface area contributed by atoms with E-state index in [2.05, 4.69) is 157 Å². The number of nitrogens with one attached hydrogen (secondary N) is 6. The van der Waals surface area contributed by atoms with Gasteiger partial charge in [-0.3, -0.25) is 39.6 Å².